The molecule has 0 aliphatic carbocycles. The maximum absolute atomic E-state index is 12.0. The average Bonchev–Trinajstić information content (AvgIpc) is 2.75. The zero-order chi connectivity index (χ0) is 21.3. The summed E-state index contributed by atoms with van der Waals surface area (Å²) in [4.78, 5) is 24.0. The lowest BCUT2D eigenvalue weighted by Crippen LogP contribution is -2.17. The normalized spacial score (nSPS) is 11.0. The van der Waals surface area contributed by atoms with Crippen LogP contribution in [0.1, 0.15) is 43.0 Å². The number of hydrazone groups is 2. The van der Waals surface area contributed by atoms with Crippen LogP contribution >= 0.6 is 0 Å². The predicted molar refractivity (Wildman–Crippen MR) is 119 cm³/mol. The number of hydrogen-bond donors (Lipinski definition) is 2. The number of carbonyl (C=O) groups is 2. The maximum Gasteiger partial charge on any atom is 0.271 e. The molecule has 0 unspecified atom stereocenters. The van der Waals surface area contributed by atoms with Crippen LogP contribution in [0.4, 0.5) is 0 Å². The third-order valence-corrected chi connectivity index (χ3v) is 4.32. The molecule has 6 heteroatoms. The highest BCUT2D eigenvalue weighted by Gasteiger charge is 2.03. The van der Waals surface area contributed by atoms with Crippen molar-refractivity contribution in [1.82, 2.24) is 10.9 Å². The Morgan fingerprint density at radius 3 is 1.27 bits per heavy atom. The van der Waals surface area contributed by atoms with Gasteiger partial charge in [-0.05, 0) is 49.2 Å². The molecule has 0 heterocycles. The van der Waals surface area contributed by atoms with E-state index < -0.39 is 0 Å². The maximum atomic E-state index is 12.0. The van der Waals surface area contributed by atoms with E-state index in [1.165, 1.54) is 0 Å². The average molecular weight is 398 g/mol. The number of aryl methyl sites for hydroxylation is 2. The fraction of sp³-hybridized carbons (Fsp3) is 0.0833. The van der Waals surface area contributed by atoms with Crippen molar-refractivity contribution >= 4 is 24.2 Å². The molecular weight excluding hydrogens is 376 g/mol. The summed E-state index contributed by atoms with van der Waals surface area (Å²) in [5, 5.41) is 7.96. The van der Waals surface area contributed by atoms with Gasteiger partial charge in [-0.1, -0.05) is 59.7 Å². The minimum absolute atomic E-state index is 0.265. The molecule has 150 valence electrons. The SMILES string of the molecule is Cc1ccc(C(=O)N/N=C\c2ccc(/C=N\NC(=O)c3ccc(C)cc3)cc2)cc1. The molecule has 0 spiro atoms. The van der Waals surface area contributed by atoms with Gasteiger partial charge in [0.05, 0.1) is 12.4 Å². The monoisotopic (exact) mass is 398 g/mol. The van der Waals surface area contributed by atoms with Crippen LogP contribution in [-0.4, -0.2) is 24.2 Å². The summed E-state index contributed by atoms with van der Waals surface area (Å²) < 4.78 is 0. The van der Waals surface area contributed by atoms with Crippen LogP contribution in [0.2, 0.25) is 0 Å². The lowest BCUT2D eigenvalue weighted by atomic mass is 10.1. The van der Waals surface area contributed by atoms with Crippen LogP contribution in [0.5, 0.6) is 0 Å². The van der Waals surface area contributed by atoms with Crippen molar-refractivity contribution in [3.63, 3.8) is 0 Å². The molecule has 0 radical (unpaired) electrons. The Balaban J connectivity index is 1.50. The number of nitrogens with one attached hydrogen (secondary N) is 2. The Morgan fingerprint density at radius 2 is 0.933 bits per heavy atom. The molecule has 2 amide bonds. The van der Waals surface area contributed by atoms with Gasteiger partial charge in [-0.15, -0.1) is 0 Å². The topological polar surface area (TPSA) is 82.9 Å². The fourth-order valence-corrected chi connectivity index (χ4v) is 2.54. The molecule has 0 atom stereocenters. The summed E-state index contributed by atoms with van der Waals surface area (Å²) >= 11 is 0. The fourth-order valence-electron chi connectivity index (χ4n) is 2.54. The summed E-state index contributed by atoms with van der Waals surface area (Å²) in [6, 6.07) is 21.9. The van der Waals surface area contributed by atoms with E-state index in [0.717, 1.165) is 22.3 Å². The van der Waals surface area contributed by atoms with Crippen molar-refractivity contribution < 1.29 is 9.59 Å². The first kappa shape index (κ1) is 20.7. The van der Waals surface area contributed by atoms with Gasteiger partial charge in [-0.25, -0.2) is 10.9 Å². The van der Waals surface area contributed by atoms with Crippen LogP contribution in [0.25, 0.3) is 0 Å². The number of benzene rings is 3. The Morgan fingerprint density at radius 1 is 0.600 bits per heavy atom. The second-order valence-electron chi connectivity index (χ2n) is 6.80. The third-order valence-electron chi connectivity index (χ3n) is 4.32. The molecule has 0 fully saturated rings. The van der Waals surface area contributed by atoms with Crippen molar-refractivity contribution in [2.45, 2.75) is 13.8 Å². The summed E-state index contributed by atoms with van der Waals surface area (Å²) in [5.74, 6) is -0.529. The van der Waals surface area contributed by atoms with E-state index in [0.29, 0.717) is 11.1 Å². The van der Waals surface area contributed by atoms with Gasteiger partial charge in [-0.2, -0.15) is 10.2 Å². The van der Waals surface area contributed by atoms with Gasteiger partial charge >= 0.3 is 0 Å². The number of carbonyl (C=O) groups excluding carboxylic acids is 2. The molecule has 30 heavy (non-hydrogen) atoms. The predicted octanol–water partition coefficient (Wildman–Crippen LogP) is 3.83. The van der Waals surface area contributed by atoms with Crippen molar-refractivity contribution in [3.05, 3.63) is 106 Å². The van der Waals surface area contributed by atoms with Crippen molar-refractivity contribution in [3.8, 4) is 0 Å². The second kappa shape index (κ2) is 9.93. The first-order valence-electron chi connectivity index (χ1n) is 9.41. The highest BCUT2D eigenvalue weighted by atomic mass is 16.2. The van der Waals surface area contributed by atoms with Gasteiger partial charge < -0.3 is 0 Å². The summed E-state index contributed by atoms with van der Waals surface area (Å²) in [7, 11) is 0. The Kier molecular flexibility index (Phi) is 6.84. The van der Waals surface area contributed by atoms with E-state index in [2.05, 4.69) is 21.1 Å². The van der Waals surface area contributed by atoms with Crippen LogP contribution < -0.4 is 10.9 Å². The summed E-state index contributed by atoms with van der Waals surface area (Å²) in [6.45, 7) is 3.93. The smallest absolute Gasteiger partial charge is 0.267 e. The molecule has 0 aliphatic heterocycles. The van der Waals surface area contributed by atoms with Crippen molar-refractivity contribution in [2.75, 3.05) is 0 Å². The van der Waals surface area contributed by atoms with E-state index in [-0.39, 0.29) is 11.8 Å². The highest BCUT2D eigenvalue weighted by molar-refractivity contribution is 5.95. The second-order valence-corrected chi connectivity index (χ2v) is 6.80. The molecule has 3 aromatic rings. The Labute approximate surface area is 175 Å². The van der Waals surface area contributed by atoms with Crippen LogP contribution in [0.15, 0.2) is 83.0 Å². The zero-order valence-electron chi connectivity index (χ0n) is 16.8. The van der Waals surface area contributed by atoms with Gasteiger partial charge in [-0.3, -0.25) is 9.59 Å². The summed E-state index contributed by atoms with van der Waals surface area (Å²) in [5.41, 5.74) is 9.93. The minimum Gasteiger partial charge on any atom is -0.267 e. The van der Waals surface area contributed by atoms with Gasteiger partial charge in [0.1, 0.15) is 0 Å². The number of nitrogens with zero attached hydrogens (tertiary/aromatic N) is 2. The van der Waals surface area contributed by atoms with Gasteiger partial charge in [0.15, 0.2) is 0 Å². The van der Waals surface area contributed by atoms with Crippen LogP contribution in [0, 0.1) is 13.8 Å². The third kappa shape index (κ3) is 5.97. The first-order chi connectivity index (χ1) is 14.5. The molecule has 0 bridgehead atoms. The standard InChI is InChI=1S/C24H22N4O2/c1-17-3-11-21(12-4-17)23(29)27-25-15-19-7-9-20(10-8-19)16-26-28-24(30)22-13-5-18(2)6-14-22/h3-16H,1-2H3,(H,27,29)(H,28,30)/b25-15-,26-16-. The minimum atomic E-state index is -0.265. The molecule has 2 N–H and O–H groups in total. The highest BCUT2D eigenvalue weighted by Crippen LogP contribution is 2.04. The van der Waals surface area contributed by atoms with E-state index in [1.807, 2.05) is 62.4 Å². The van der Waals surface area contributed by atoms with Crippen LogP contribution in [-0.2, 0) is 0 Å². The van der Waals surface area contributed by atoms with Gasteiger partial charge in [0, 0.05) is 11.1 Å². The van der Waals surface area contributed by atoms with E-state index >= 15 is 0 Å². The largest absolute Gasteiger partial charge is 0.271 e. The molecule has 3 rings (SSSR count). The van der Waals surface area contributed by atoms with Gasteiger partial charge in [0.2, 0.25) is 0 Å². The molecular formula is C24H22N4O2. The van der Waals surface area contributed by atoms with Crippen molar-refractivity contribution in [1.29, 1.82) is 0 Å². The van der Waals surface area contributed by atoms with Crippen LogP contribution in [0.3, 0.4) is 0 Å². The van der Waals surface area contributed by atoms with Crippen molar-refractivity contribution in [2.24, 2.45) is 10.2 Å². The lowest BCUT2D eigenvalue weighted by molar-refractivity contribution is 0.0947. The quantitative estimate of drug-likeness (QED) is 0.489. The Bertz CT molecular complexity index is 979. The Hall–Kier alpha value is -4.06. The van der Waals surface area contributed by atoms with E-state index in [1.54, 1.807) is 36.7 Å². The molecule has 0 aromatic heterocycles. The number of hydrogen-bond acceptors (Lipinski definition) is 4. The van der Waals surface area contributed by atoms with E-state index in [9.17, 15) is 9.59 Å². The lowest BCUT2D eigenvalue weighted by Gasteiger charge is -2.01. The first-order valence-corrected chi connectivity index (χ1v) is 9.41. The van der Waals surface area contributed by atoms with Gasteiger partial charge in [0.25, 0.3) is 11.8 Å². The summed E-state index contributed by atoms with van der Waals surface area (Å²) in [6.07, 6.45) is 3.12. The molecule has 0 saturated heterocycles. The number of amides is 2. The molecule has 3 aromatic carbocycles. The van der Waals surface area contributed by atoms with E-state index in [4.69, 9.17) is 0 Å². The number of rotatable bonds is 6. The zero-order valence-corrected chi connectivity index (χ0v) is 16.8. The molecule has 0 aliphatic rings. The molecule has 6 nitrogen and oxygen atoms in total. The molecule has 0 saturated carbocycles.